The fourth-order valence-electron chi connectivity index (χ4n) is 6.58. The second kappa shape index (κ2) is 9.60. The first-order valence-electron chi connectivity index (χ1n) is 14.2. The Kier molecular flexibility index (Phi) is 5.66. The molecule has 1 aromatic heterocycles. The molecule has 0 spiro atoms. The first kappa shape index (κ1) is 25.4. The van der Waals surface area contributed by atoms with E-state index in [1.165, 1.54) is 22.9 Å². The largest absolute Gasteiger partial charge is 0.416 e. The topological polar surface area (TPSA) is 4.93 Å². The van der Waals surface area contributed by atoms with Crippen molar-refractivity contribution in [2.75, 3.05) is 0 Å². The van der Waals surface area contributed by atoms with Crippen LogP contribution >= 0.6 is 0 Å². The summed E-state index contributed by atoms with van der Waals surface area (Å²) in [5.74, 6) is 0. The molecular weight excluding hydrogens is 539 g/mol. The van der Waals surface area contributed by atoms with E-state index in [1.807, 2.05) is 36.4 Å². The fourth-order valence-corrected chi connectivity index (χ4v) is 6.58. The van der Waals surface area contributed by atoms with E-state index in [-0.39, 0.29) is 0 Å². The zero-order valence-electron chi connectivity index (χ0n) is 22.9. The van der Waals surface area contributed by atoms with E-state index in [2.05, 4.69) is 89.5 Å². The Morgan fingerprint density at radius 2 is 0.837 bits per heavy atom. The van der Waals surface area contributed by atoms with Gasteiger partial charge in [-0.05, 0) is 80.2 Å². The summed E-state index contributed by atoms with van der Waals surface area (Å²) in [4.78, 5) is 0. The summed E-state index contributed by atoms with van der Waals surface area (Å²) in [5, 5.41) is 6.26. The molecule has 1 nitrogen and oxygen atoms in total. The lowest BCUT2D eigenvalue weighted by atomic mass is 9.85. The minimum absolute atomic E-state index is 0.551. The van der Waals surface area contributed by atoms with Crippen LogP contribution in [-0.4, -0.2) is 4.57 Å². The van der Waals surface area contributed by atoms with Gasteiger partial charge in [0.15, 0.2) is 0 Å². The Labute approximate surface area is 246 Å². The molecule has 0 unspecified atom stereocenters. The summed E-state index contributed by atoms with van der Waals surface area (Å²) >= 11 is 0. The molecule has 0 amide bonds. The molecule has 0 N–H and O–H groups in total. The minimum atomic E-state index is -4.42. The van der Waals surface area contributed by atoms with E-state index >= 15 is 0 Å². The summed E-state index contributed by atoms with van der Waals surface area (Å²) in [6, 6.07) is 47.2. The average Bonchev–Trinajstić information content (AvgIpc) is 3.38. The van der Waals surface area contributed by atoms with E-state index < -0.39 is 11.7 Å². The summed E-state index contributed by atoms with van der Waals surface area (Å²) < 4.78 is 43.4. The van der Waals surface area contributed by atoms with Gasteiger partial charge in [0, 0.05) is 16.5 Å². The van der Waals surface area contributed by atoms with Crippen LogP contribution in [0.15, 0.2) is 146 Å². The van der Waals surface area contributed by atoms with Crippen molar-refractivity contribution in [3.05, 3.63) is 151 Å². The molecule has 0 radical (unpaired) electrons. The van der Waals surface area contributed by atoms with Crippen molar-refractivity contribution in [3.63, 3.8) is 0 Å². The maximum Gasteiger partial charge on any atom is 0.416 e. The maximum absolute atomic E-state index is 13.7. The van der Waals surface area contributed by atoms with Crippen LogP contribution in [0.2, 0.25) is 0 Å². The smallest absolute Gasteiger partial charge is 0.309 e. The molecule has 8 rings (SSSR count). The highest BCUT2D eigenvalue weighted by Gasteiger charge is 2.31. The van der Waals surface area contributed by atoms with Gasteiger partial charge in [-0.2, -0.15) is 13.2 Å². The summed E-state index contributed by atoms with van der Waals surface area (Å²) in [6.45, 7) is 0. The first-order valence-corrected chi connectivity index (χ1v) is 14.2. The highest BCUT2D eigenvalue weighted by Crippen LogP contribution is 2.45. The number of fused-ring (bicyclic) bond motifs is 5. The Hall–Kier alpha value is -5.35. The molecule has 0 aliphatic heterocycles. The van der Waals surface area contributed by atoms with Gasteiger partial charge < -0.3 is 4.57 Å². The van der Waals surface area contributed by atoms with Crippen LogP contribution in [0.25, 0.3) is 71.3 Å². The van der Waals surface area contributed by atoms with Crippen molar-refractivity contribution in [2.45, 2.75) is 6.18 Å². The van der Waals surface area contributed by atoms with Gasteiger partial charge in [-0.25, -0.2) is 0 Å². The van der Waals surface area contributed by atoms with Crippen LogP contribution < -0.4 is 0 Å². The van der Waals surface area contributed by atoms with Crippen molar-refractivity contribution in [2.24, 2.45) is 0 Å². The van der Waals surface area contributed by atoms with Crippen LogP contribution in [0.3, 0.4) is 0 Å². The average molecular weight is 564 g/mol. The molecule has 0 fully saturated rings. The van der Waals surface area contributed by atoms with Crippen molar-refractivity contribution >= 4 is 43.4 Å². The number of aromatic nitrogens is 1. The van der Waals surface area contributed by atoms with Gasteiger partial charge in [0.1, 0.15) is 0 Å². The second-order valence-corrected chi connectivity index (χ2v) is 10.8. The SMILES string of the molecule is FC(F)(F)c1cccc(-c2c3ccccc3c(-c3ccc(-n4c5ccccc5c5ccccc54)cc3)c3ccccc23)c1. The Morgan fingerprint density at radius 1 is 0.395 bits per heavy atom. The van der Waals surface area contributed by atoms with Crippen molar-refractivity contribution in [1.82, 2.24) is 4.57 Å². The van der Waals surface area contributed by atoms with E-state index in [9.17, 15) is 13.2 Å². The van der Waals surface area contributed by atoms with E-state index in [0.29, 0.717) is 5.56 Å². The van der Waals surface area contributed by atoms with Crippen LogP contribution in [0.4, 0.5) is 13.2 Å². The second-order valence-electron chi connectivity index (χ2n) is 10.8. The van der Waals surface area contributed by atoms with Crippen LogP contribution in [0.1, 0.15) is 5.56 Å². The monoisotopic (exact) mass is 563 g/mol. The van der Waals surface area contributed by atoms with Crippen molar-refractivity contribution < 1.29 is 13.2 Å². The van der Waals surface area contributed by atoms with Gasteiger partial charge in [0.2, 0.25) is 0 Å². The molecule has 43 heavy (non-hydrogen) atoms. The lowest BCUT2D eigenvalue weighted by Crippen LogP contribution is -2.04. The number of para-hydroxylation sites is 2. The predicted molar refractivity (Wildman–Crippen MR) is 172 cm³/mol. The van der Waals surface area contributed by atoms with Gasteiger partial charge in [-0.3, -0.25) is 0 Å². The molecule has 0 saturated heterocycles. The summed E-state index contributed by atoms with van der Waals surface area (Å²) in [7, 11) is 0. The number of hydrogen-bond acceptors (Lipinski definition) is 0. The number of halogens is 3. The Balaban J connectivity index is 1.36. The molecule has 1 heterocycles. The minimum Gasteiger partial charge on any atom is -0.309 e. The molecular formula is C39H24F3N. The van der Waals surface area contributed by atoms with Gasteiger partial charge in [-0.15, -0.1) is 0 Å². The van der Waals surface area contributed by atoms with Crippen LogP contribution in [-0.2, 0) is 6.18 Å². The number of alkyl halides is 3. The molecule has 0 aliphatic carbocycles. The van der Waals surface area contributed by atoms with E-state index in [0.717, 1.165) is 61.0 Å². The van der Waals surface area contributed by atoms with Crippen LogP contribution in [0, 0.1) is 0 Å². The Morgan fingerprint density at radius 3 is 1.33 bits per heavy atom. The summed E-state index contributed by atoms with van der Waals surface area (Å²) in [5.41, 5.74) is 6.19. The quantitative estimate of drug-likeness (QED) is 0.188. The fraction of sp³-hybridized carbons (Fsp3) is 0.0256. The first-order chi connectivity index (χ1) is 21.0. The molecule has 4 heteroatoms. The van der Waals surface area contributed by atoms with Gasteiger partial charge in [0.25, 0.3) is 0 Å². The number of benzene rings is 7. The molecule has 206 valence electrons. The predicted octanol–water partition coefficient (Wildman–Crippen LogP) is 11.4. The summed E-state index contributed by atoms with van der Waals surface area (Å²) in [6.07, 6.45) is -4.42. The molecule has 8 aromatic rings. The van der Waals surface area contributed by atoms with Crippen molar-refractivity contribution in [3.8, 4) is 27.9 Å². The number of nitrogens with zero attached hydrogens (tertiary/aromatic N) is 1. The molecule has 0 saturated carbocycles. The zero-order valence-corrected chi connectivity index (χ0v) is 22.9. The zero-order chi connectivity index (χ0) is 29.1. The Bertz CT molecular complexity index is 2220. The molecule has 0 bridgehead atoms. The normalized spacial score (nSPS) is 12.1. The highest BCUT2D eigenvalue weighted by molar-refractivity contribution is 6.21. The number of hydrogen-bond donors (Lipinski definition) is 0. The van der Waals surface area contributed by atoms with E-state index in [4.69, 9.17) is 0 Å². The van der Waals surface area contributed by atoms with Gasteiger partial charge in [-0.1, -0.05) is 109 Å². The lowest BCUT2D eigenvalue weighted by Gasteiger charge is -2.18. The van der Waals surface area contributed by atoms with Gasteiger partial charge >= 0.3 is 6.18 Å². The molecule has 7 aromatic carbocycles. The lowest BCUT2D eigenvalue weighted by molar-refractivity contribution is -0.137. The maximum atomic E-state index is 13.7. The van der Waals surface area contributed by atoms with Gasteiger partial charge in [0.05, 0.1) is 16.6 Å². The van der Waals surface area contributed by atoms with Crippen molar-refractivity contribution in [1.29, 1.82) is 0 Å². The standard InChI is InChI=1S/C39H24F3N/c40-39(41,42)27-11-9-10-26(24-27)38-33-16-3-1-14-31(33)37(32-15-2-4-17-34(32)38)25-20-22-28(23-21-25)43-35-18-7-5-12-29(35)30-13-6-8-19-36(30)43/h1-24H. The molecule has 0 aliphatic rings. The highest BCUT2D eigenvalue weighted by atomic mass is 19.4. The molecule has 0 atom stereocenters. The number of rotatable bonds is 3. The van der Waals surface area contributed by atoms with E-state index in [1.54, 1.807) is 6.07 Å². The third-order valence-electron chi connectivity index (χ3n) is 8.40. The third-order valence-corrected chi connectivity index (χ3v) is 8.40. The third kappa shape index (κ3) is 4.02. The van der Waals surface area contributed by atoms with Crippen LogP contribution in [0.5, 0.6) is 0 Å².